The minimum atomic E-state index is -0.373. The Hall–Kier alpha value is -3.79. The van der Waals surface area contributed by atoms with Crippen LogP contribution >= 0.6 is 0 Å². The van der Waals surface area contributed by atoms with Gasteiger partial charge in [0.2, 0.25) is 5.91 Å². The van der Waals surface area contributed by atoms with Gasteiger partial charge in [-0.05, 0) is 17.7 Å². The van der Waals surface area contributed by atoms with Crippen LogP contribution in [0, 0.1) is 5.92 Å². The average Bonchev–Trinajstić information content (AvgIpc) is 3.46. The van der Waals surface area contributed by atoms with E-state index in [1.54, 1.807) is 19.3 Å². The number of nitrogens with zero attached hydrogens (tertiary/aromatic N) is 6. The first kappa shape index (κ1) is 23.0. The summed E-state index contributed by atoms with van der Waals surface area (Å²) in [6.45, 7) is 3.17. The Morgan fingerprint density at radius 2 is 1.89 bits per heavy atom. The highest BCUT2D eigenvalue weighted by molar-refractivity contribution is 5.93. The third-order valence-corrected chi connectivity index (χ3v) is 6.78. The second kappa shape index (κ2) is 9.83. The molecule has 2 amide bonds. The molecule has 1 saturated heterocycles. The zero-order chi connectivity index (χ0) is 24.4. The Bertz CT molecular complexity index is 1270. The van der Waals surface area contributed by atoms with Crippen LogP contribution in [-0.2, 0) is 17.9 Å². The van der Waals surface area contributed by atoms with E-state index >= 15 is 0 Å². The van der Waals surface area contributed by atoms with E-state index in [9.17, 15) is 14.4 Å². The number of benzene rings is 1. The summed E-state index contributed by atoms with van der Waals surface area (Å²) in [5.74, 6) is -0.370. The van der Waals surface area contributed by atoms with Crippen LogP contribution in [0.25, 0.3) is 0 Å². The maximum absolute atomic E-state index is 13.0. The molecule has 2 aliphatic rings. The Kier molecular flexibility index (Phi) is 6.45. The lowest BCUT2D eigenvalue weighted by molar-refractivity contribution is -0.122. The van der Waals surface area contributed by atoms with E-state index in [2.05, 4.69) is 32.7 Å². The highest BCUT2D eigenvalue weighted by Crippen LogP contribution is 2.31. The van der Waals surface area contributed by atoms with Gasteiger partial charge in [0, 0.05) is 58.3 Å². The number of likely N-dealkylation sites (tertiary alicyclic amines) is 1. The number of carbonyl (C=O) groups excluding carboxylic acids is 2. The van der Waals surface area contributed by atoms with Crippen LogP contribution in [0.3, 0.4) is 0 Å². The SMILES string of the molecule is CN1CCNC(=O)C[C@H]2CN(Cc3ccccc3)C[C@H]2n2cc(nn2)Cn2cccc(c2=O)C1=O. The molecule has 5 rings (SSSR count). The molecule has 182 valence electrons. The Balaban J connectivity index is 1.44. The number of hydrogen-bond acceptors (Lipinski definition) is 6. The predicted molar refractivity (Wildman–Crippen MR) is 129 cm³/mol. The number of carbonyl (C=O) groups is 2. The summed E-state index contributed by atoms with van der Waals surface area (Å²) >= 11 is 0. The van der Waals surface area contributed by atoms with Gasteiger partial charge in [-0.2, -0.15) is 0 Å². The first-order valence-corrected chi connectivity index (χ1v) is 11.9. The van der Waals surface area contributed by atoms with Crippen molar-refractivity contribution in [2.75, 3.05) is 33.2 Å². The number of nitrogens with one attached hydrogen (secondary N) is 1. The van der Waals surface area contributed by atoms with Gasteiger partial charge in [0.1, 0.15) is 11.3 Å². The number of aromatic nitrogens is 4. The van der Waals surface area contributed by atoms with Gasteiger partial charge in [0.25, 0.3) is 11.5 Å². The molecular formula is C25H29N7O3. The number of likely N-dealkylation sites (N-methyl/N-ethyl adjacent to an activating group) is 1. The molecule has 0 spiro atoms. The second-order valence-electron chi connectivity index (χ2n) is 9.33. The zero-order valence-electron chi connectivity index (χ0n) is 19.7. The molecule has 0 aliphatic carbocycles. The quantitative estimate of drug-likeness (QED) is 0.587. The summed E-state index contributed by atoms with van der Waals surface area (Å²) in [6.07, 6.45) is 3.86. The average molecular weight is 476 g/mol. The van der Waals surface area contributed by atoms with Crippen molar-refractivity contribution in [1.82, 2.24) is 34.7 Å². The summed E-state index contributed by atoms with van der Waals surface area (Å²) in [4.78, 5) is 42.4. The summed E-state index contributed by atoms with van der Waals surface area (Å²) in [5, 5.41) is 11.6. The molecule has 0 unspecified atom stereocenters. The van der Waals surface area contributed by atoms with Crippen LogP contribution in [0.15, 0.2) is 59.7 Å². The van der Waals surface area contributed by atoms with Crippen molar-refractivity contribution in [3.05, 3.63) is 82.0 Å². The van der Waals surface area contributed by atoms with Crippen molar-refractivity contribution in [1.29, 1.82) is 0 Å². The van der Waals surface area contributed by atoms with Crippen molar-refractivity contribution in [3.8, 4) is 0 Å². The molecule has 2 aromatic heterocycles. The first-order chi connectivity index (χ1) is 17.0. The van der Waals surface area contributed by atoms with Gasteiger partial charge in [0.15, 0.2) is 0 Å². The minimum Gasteiger partial charge on any atom is -0.354 e. The molecule has 4 heterocycles. The van der Waals surface area contributed by atoms with Crippen LogP contribution in [-0.4, -0.2) is 74.4 Å². The van der Waals surface area contributed by atoms with Crippen molar-refractivity contribution < 1.29 is 9.59 Å². The summed E-state index contributed by atoms with van der Waals surface area (Å²) in [7, 11) is 1.63. The summed E-state index contributed by atoms with van der Waals surface area (Å²) in [5.41, 5.74) is 1.57. The molecule has 4 bridgehead atoms. The smallest absolute Gasteiger partial charge is 0.263 e. The van der Waals surface area contributed by atoms with Crippen LogP contribution in [0.1, 0.15) is 34.1 Å². The van der Waals surface area contributed by atoms with E-state index in [1.807, 2.05) is 29.1 Å². The van der Waals surface area contributed by atoms with Gasteiger partial charge in [-0.3, -0.25) is 19.3 Å². The molecule has 1 fully saturated rings. The molecule has 2 aliphatic heterocycles. The fourth-order valence-electron chi connectivity index (χ4n) is 4.94. The molecule has 3 aromatic rings. The van der Waals surface area contributed by atoms with E-state index in [4.69, 9.17) is 0 Å². The van der Waals surface area contributed by atoms with Crippen molar-refractivity contribution in [2.24, 2.45) is 5.92 Å². The normalized spacial score (nSPS) is 21.6. The fourth-order valence-corrected chi connectivity index (χ4v) is 4.94. The van der Waals surface area contributed by atoms with E-state index < -0.39 is 0 Å². The maximum Gasteiger partial charge on any atom is 0.263 e. The summed E-state index contributed by atoms with van der Waals surface area (Å²) in [6, 6.07) is 13.5. The molecule has 2 atom stereocenters. The highest BCUT2D eigenvalue weighted by Gasteiger charge is 2.36. The number of hydrogen-bond donors (Lipinski definition) is 1. The molecule has 1 N–H and O–H groups in total. The first-order valence-electron chi connectivity index (χ1n) is 11.9. The number of fused-ring (bicyclic) bond motifs is 6. The summed E-state index contributed by atoms with van der Waals surface area (Å²) < 4.78 is 3.31. The number of pyridine rings is 1. The van der Waals surface area contributed by atoms with Crippen LogP contribution in [0.2, 0.25) is 0 Å². The Labute approximate surface area is 203 Å². The van der Waals surface area contributed by atoms with E-state index in [0.29, 0.717) is 25.2 Å². The van der Waals surface area contributed by atoms with Crippen molar-refractivity contribution in [2.45, 2.75) is 25.6 Å². The van der Waals surface area contributed by atoms with E-state index in [-0.39, 0.29) is 41.4 Å². The maximum atomic E-state index is 13.0. The molecule has 10 nitrogen and oxygen atoms in total. The second-order valence-corrected chi connectivity index (χ2v) is 9.33. The predicted octanol–water partition coefficient (Wildman–Crippen LogP) is 0.753. The lowest BCUT2D eigenvalue weighted by atomic mass is 9.99. The Morgan fingerprint density at radius 3 is 2.71 bits per heavy atom. The molecule has 1 aromatic carbocycles. The van der Waals surface area contributed by atoms with Crippen LogP contribution < -0.4 is 10.9 Å². The van der Waals surface area contributed by atoms with Gasteiger partial charge in [0.05, 0.1) is 18.8 Å². The highest BCUT2D eigenvalue weighted by atomic mass is 16.2. The van der Waals surface area contributed by atoms with E-state index in [1.165, 1.54) is 21.1 Å². The van der Waals surface area contributed by atoms with Gasteiger partial charge in [-0.25, -0.2) is 4.68 Å². The number of rotatable bonds is 2. The third kappa shape index (κ3) is 5.02. The van der Waals surface area contributed by atoms with Gasteiger partial charge in [-0.15, -0.1) is 5.10 Å². The third-order valence-electron chi connectivity index (χ3n) is 6.78. The largest absolute Gasteiger partial charge is 0.354 e. The van der Waals surface area contributed by atoms with Gasteiger partial charge < -0.3 is 14.8 Å². The van der Waals surface area contributed by atoms with Crippen LogP contribution in [0.4, 0.5) is 0 Å². The molecule has 0 saturated carbocycles. The monoisotopic (exact) mass is 475 g/mol. The lowest BCUT2D eigenvalue weighted by Gasteiger charge is -2.20. The lowest BCUT2D eigenvalue weighted by Crippen LogP contribution is -2.39. The van der Waals surface area contributed by atoms with E-state index in [0.717, 1.165) is 19.6 Å². The fraction of sp³-hybridized carbons (Fsp3) is 0.400. The molecular weight excluding hydrogens is 446 g/mol. The molecule has 0 radical (unpaired) electrons. The van der Waals surface area contributed by atoms with Crippen LogP contribution in [0.5, 0.6) is 0 Å². The Morgan fingerprint density at radius 1 is 1.06 bits per heavy atom. The zero-order valence-corrected chi connectivity index (χ0v) is 19.7. The van der Waals surface area contributed by atoms with Gasteiger partial charge in [-0.1, -0.05) is 35.5 Å². The minimum absolute atomic E-state index is 0.00840. The van der Waals surface area contributed by atoms with Crippen molar-refractivity contribution >= 4 is 11.8 Å². The molecule has 10 heteroatoms. The van der Waals surface area contributed by atoms with Crippen molar-refractivity contribution in [3.63, 3.8) is 0 Å². The van der Waals surface area contributed by atoms with Gasteiger partial charge >= 0.3 is 0 Å². The number of amides is 2. The standard InChI is InChI=1S/C25H29N7O3/c1-29-11-9-26-23(33)12-19-14-30(13-18-6-3-2-4-7-18)17-22(19)32-16-20(27-28-32)15-31-10-5-8-21(24(29)34)25(31)35/h2-8,10,16,19,22H,9,11-15,17H2,1H3,(H,26,33)/t19-,22+/m0/s1. The molecule has 35 heavy (non-hydrogen) atoms. The topological polar surface area (TPSA) is 105 Å².